The molecule has 108 valence electrons. The molecule has 0 spiro atoms. The summed E-state index contributed by atoms with van der Waals surface area (Å²) in [6.07, 6.45) is 5.29. The largest absolute Gasteiger partial charge is 0.383 e. The Morgan fingerprint density at radius 2 is 2.11 bits per heavy atom. The minimum absolute atomic E-state index is 0.383. The number of nitrogens with one attached hydrogen (secondary N) is 1. The molecule has 3 nitrogen and oxygen atoms in total. The first-order valence-corrected chi connectivity index (χ1v) is 7.43. The SMILES string of the molecule is CCCC(C)(CNC1CC1)CN(C)C(C)COC. The van der Waals surface area contributed by atoms with Gasteiger partial charge in [-0.1, -0.05) is 20.3 Å². The summed E-state index contributed by atoms with van der Waals surface area (Å²) in [5.74, 6) is 0. The van der Waals surface area contributed by atoms with Crippen molar-refractivity contribution in [2.75, 3.05) is 33.9 Å². The zero-order valence-electron chi connectivity index (χ0n) is 13.0. The van der Waals surface area contributed by atoms with Gasteiger partial charge in [0, 0.05) is 32.3 Å². The summed E-state index contributed by atoms with van der Waals surface area (Å²) in [5, 5.41) is 3.70. The highest BCUT2D eigenvalue weighted by Crippen LogP contribution is 2.27. The van der Waals surface area contributed by atoms with Crippen molar-refractivity contribution < 1.29 is 4.74 Å². The van der Waals surface area contributed by atoms with Crippen molar-refractivity contribution in [2.45, 2.75) is 58.5 Å². The predicted octanol–water partition coefficient (Wildman–Crippen LogP) is 2.51. The van der Waals surface area contributed by atoms with Crippen LogP contribution in [-0.4, -0.2) is 50.8 Å². The summed E-state index contributed by atoms with van der Waals surface area (Å²) in [6, 6.07) is 1.30. The Hall–Kier alpha value is -0.120. The highest BCUT2D eigenvalue weighted by molar-refractivity contribution is 4.87. The Morgan fingerprint density at radius 1 is 1.44 bits per heavy atom. The van der Waals surface area contributed by atoms with Crippen LogP contribution in [0.3, 0.4) is 0 Å². The number of hydrogen-bond acceptors (Lipinski definition) is 3. The van der Waals surface area contributed by atoms with E-state index in [9.17, 15) is 0 Å². The fraction of sp³-hybridized carbons (Fsp3) is 1.00. The Labute approximate surface area is 113 Å². The number of hydrogen-bond donors (Lipinski definition) is 1. The first kappa shape index (κ1) is 15.9. The summed E-state index contributed by atoms with van der Waals surface area (Å²) in [7, 11) is 4.00. The molecule has 0 radical (unpaired) electrons. The third-order valence-electron chi connectivity index (χ3n) is 4.04. The van der Waals surface area contributed by atoms with E-state index in [0.29, 0.717) is 11.5 Å². The van der Waals surface area contributed by atoms with E-state index in [1.807, 2.05) is 0 Å². The van der Waals surface area contributed by atoms with Gasteiger partial charge in [-0.25, -0.2) is 0 Å². The van der Waals surface area contributed by atoms with Crippen LogP contribution in [0.2, 0.25) is 0 Å². The molecule has 0 aromatic heterocycles. The predicted molar refractivity (Wildman–Crippen MR) is 78.0 cm³/mol. The normalized spacial score (nSPS) is 21.0. The fourth-order valence-electron chi connectivity index (χ4n) is 2.63. The summed E-state index contributed by atoms with van der Waals surface area (Å²) in [4.78, 5) is 2.44. The third kappa shape index (κ3) is 5.68. The standard InChI is InChI=1S/C15H32N2O/c1-6-9-15(3,11-16-14-7-8-14)12-17(4)13(2)10-18-5/h13-14,16H,6-12H2,1-5H3. The average molecular weight is 256 g/mol. The molecule has 0 bridgehead atoms. The molecule has 18 heavy (non-hydrogen) atoms. The van der Waals surface area contributed by atoms with Crippen molar-refractivity contribution >= 4 is 0 Å². The zero-order chi connectivity index (χ0) is 13.6. The summed E-state index contributed by atoms with van der Waals surface area (Å²) < 4.78 is 5.25. The van der Waals surface area contributed by atoms with Crippen LogP contribution in [0, 0.1) is 5.41 Å². The molecule has 0 aromatic carbocycles. The Morgan fingerprint density at radius 3 is 2.61 bits per heavy atom. The molecular weight excluding hydrogens is 224 g/mol. The van der Waals surface area contributed by atoms with Crippen LogP contribution >= 0.6 is 0 Å². The van der Waals surface area contributed by atoms with E-state index in [0.717, 1.165) is 25.7 Å². The van der Waals surface area contributed by atoms with Crippen molar-refractivity contribution in [3.63, 3.8) is 0 Å². The second-order valence-corrected chi connectivity index (χ2v) is 6.44. The highest BCUT2D eigenvalue weighted by Gasteiger charge is 2.29. The topological polar surface area (TPSA) is 24.5 Å². The molecule has 1 saturated carbocycles. The van der Waals surface area contributed by atoms with Crippen LogP contribution in [0.15, 0.2) is 0 Å². The summed E-state index contributed by atoms with van der Waals surface area (Å²) >= 11 is 0. The van der Waals surface area contributed by atoms with Crippen LogP contribution in [0.25, 0.3) is 0 Å². The number of methoxy groups -OCH3 is 1. The Bertz CT molecular complexity index is 231. The molecule has 2 unspecified atom stereocenters. The van der Waals surface area contributed by atoms with Crippen LogP contribution in [0.1, 0.15) is 46.5 Å². The Balaban J connectivity index is 2.42. The van der Waals surface area contributed by atoms with Crippen LogP contribution < -0.4 is 5.32 Å². The van der Waals surface area contributed by atoms with Gasteiger partial charge < -0.3 is 15.0 Å². The summed E-state index contributed by atoms with van der Waals surface area (Å²) in [6.45, 7) is 10.1. The minimum atomic E-state index is 0.383. The van der Waals surface area contributed by atoms with Gasteiger partial charge in [0.1, 0.15) is 0 Å². The van der Waals surface area contributed by atoms with E-state index in [1.165, 1.54) is 25.7 Å². The smallest absolute Gasteiger partial charge is 0.0615 e. The van der Waals surface area contributed by atoms with Gasteiger partial charge in [-0.15, -0.1) is 0 Å². The molecule has 0 amide bonds. The zero-order valence-corrected chi connectivity index (χ0v) is 13.0. The van der Waals surface area contributed by atoms with Crippen molar-refractivity contribution in [1.29, 1.82) is 0 Å². The maximum Gasteiger partial charge on any atom is 0.0615 e. The van der Waals surface area contributed by atoms with Crippen molar-refractivity contribution in [3.8, 4) is 0 Å². The van der Waals surface area contributed by atoms with Gasteiger partial charge in [0.2, 0.25) is 0 Å². The lowest BCUT2D eigenvalue weighted by molar-refractivity contribution is 0.0816. The first-order valence-electron chi connectivity index (χ1n) is 7.43. The van der Waals surface area contributed by atoms with Gasteiger partial charge >= 0.3 is 0 Å². The second-order valence-electron chi connectivity index (χ2n) is 6.44. The maximum absolute atomic E-state index is 5.25. The molecular formula is C15H32N2O. The van der Waals surface area contributed by atoms with Gasteiger partial charge in [0.25, 0.3) is 0 Å². The lowest BCUT2D eigenvalue weighted by atomic mass is 9.84. The van der Waals surface area contributed by atoms with Crippen molar-refractivity contribution in [1.82, 2.24) is 10.2 Å². The van der Waals surface area contributed by atoms with Crippen LogP contribution in [-0.2, 0) is 4.74 Å². The Kier molecular flexibility index (Phi) is 6.61. The lowest BCUT2D eigenvalue weighted by Crippen LogP contribution is -2.45. The molecule has 3 heteroatoms. The van der Waals surface area contributed by atoms with E-state index >= 15 is 0 Å². The van der Waals surface area contributed by atoms with Crippen molar-refractivity contribution in [2.24, 2.45) is 5.41 Å². The fourth-order valence-corrected chi connectivity index (χ4v) is 2.63. The first-order chi connectivity index (χ1) is 8.50. The van der Waals surface area contributed by atoms with Crippen LogP contribution in [0.5, 0.6) is 0 Å². The molecule has 1 N–H and O–H groups in total. The maximum atomic E-state index is 5.25. The molecule has 2 atom stereocenters. The van der Waals surface area contributed by atoms with Crippen molar-refractivity contribution in [3.05, 3.63) is 0 Å². The second kappa shape index (κ2) is 7.46. The number of nitrogens with zero attached hydrogens (tertiary/aromatic N) is 1. The van der Waals surface area contributed by atoms with E-state index in [-0.39, 0.29) is 0 Å². The van der Waals surface area contributed by atoms with E-state index in [4.69, 9.17) is 4.74 Å². The highest BCUT2D eigenvalue weighted by atomic mass is 16.5. The third-order valence-corrected chi connectivity index (χ3v) is 4.04. The molecule has 1 aliphatic carbocycles. The number of rotatable bonds is 10. The van der Waals surface area contributed by atoms with Crippen LogP contribution in [0.4, 0.5) is 0 Å². The average Bonchev–Trinajstić information content (AvgIpc) is 3.11. The number of likely N-dealkylation sites (N-methyl/N-ethyl adjacent to an activating group) is 1. The minimum Gasteiger partial charge on any atom is -0.383 e. The number of ether oxygens (including phenoxy) is 1. The summed E-state index contributed by atoms with van der Waals surface area (Å²) in [5.41, 5.74) is 0.383. The van der Waals surface area contributed by atoms with E-state index in [1.54, 1.807) is 7.11 Å². The lowest BCUT2D eigenvalue weighted by Gasteiger charge is -2.36. The molecule has 0 heterocycles. The van der Waals surface area contributed by atoms with Gasteiger partial charge in [-0.3, -0.25) is 0 Å². The van der Waals surface area contributed by atoms with Gasteiger partial charge in [-0.05, 0) is 38.6 Å². The quantitative estimate of drug-likeness (QED) is 0.650. The molecule has 0 aliphatic heterocycles. The van der Waals surface area contributed by atoms with E-state index in [2.05, 4.69) is 38.0 Å². The molecule has 1 fully saturated rings. The monoisotopic (exact) mass is 256 g/mol. The van der Waals surface area contributed by atoms with Gasteiger partial charge in [-0.2, -0.15) is 0 Å². The van der Waals surface area contributed by atoms with Gasteiger partial charge in [0.05, 0.1) is 6.61 Å². The molecule has 0 saturated heterocycles. The molecule has 0 aromatic rings. The van der Waals surface area contributed by atoms with E-state index < -0.39 is 0 Å². The molecule has 1 rings (SSSR count). The van der Waals surface area contributed by atoms with Gasteiger partial charge in [0.15, 0.2) is 0 Å². The molecule has 1 aliphatic rings.